The minimum Gasteiger partial charge on any atom is -0.310 e. The molecule has 0 spiro atoms. The van der Waals surface area contributed by atoms with E-state index >= 15 is 0 Å². The van der Waals surface area contributed by atoms with Crippen LogP contribution < -0.4 is 4.90 Å². The van der Waals surface area contributed by atoms with Gasteiger partial charge in [0.25, 0.3) is 0 Å². The lowest BCUT2D eigenvalue weighted by Crippen LogP contribution is -2.28. The highest BCUT2D eigenvalue weighted by Crippen LogP contribution is 2.57. The first-order chi connectivity index (χ1) is 40.1. The zero-order valence-corrected chi connectivity index (χ0v) is 45.9. The monoisotopic (exact) mass is 1040 g/mol. The van der Waals surface area contributed by atoms with Crippen LogP contribution in [-0.4, -0.2) is 4.57 Å². The fraction of sp³-hybridized carbons (Fsp3) is 0.0886. The molecule has 0 unspecified atom stereocenters. The molecule has 81 heavy (non-hydrogen) atoms. The predicted octanol–water partition coefficient (Wildman–Crippen LogP) is 21.2. The summed E-state index contributed by atoms with van der Waals surface area (Å²) in [5, 5.41) is 2.68. The Bertz CT molecular complexity index is 4260. The van der Waals surface area contributed by atoms with E-state index in [2.05, 4.69) is 315 Å². The molecule has 0 radical (unpaired) electrons. The second-order valence-electron chi connectivity index (χ2n) is 21.8. The van der Waals surface area contributed by atoms with E-state index in [1.807, 2.05) is 0 Å². The molecule has 0 saturated heterocycles. The molecule has 2 heteroatoms. The number of rotatable bonds is 14. The quantitative estimate of drug-likeness (QED) is 0.105. The second-order valence-corrected chi connectivity index (χ2v) is 21.8. The van der Waals surface area contributed by atoms with Crippen LogP contribution in [0.4, 0.5) is 17.1 Å². The maximum Gasteiger partial charge on any atom is 0.0714 e. The number of anilines is 3. The summed E-state index contributed by atoms with van der Waals surface area (Å²) in [5.41, 5.74) is 26.2. The Kier molecular flexibility index (Phi) is 12.9. The SMILES string of the molecule is CCCc1ccc2c(c1)c1cc(CCC)ccc1n2-c1ccc(-c2ccc(-c3ccc(N(c4ccc5c(c4)C(c4ccccc4)(c4ccccc4)c4ccccc4-5)c4ccc(-c5ccccc5)cc4-c4ccccc4)cc3)cc2)cc1. The highest BCUT2D eigenvalue weighted by molar-refractivity contribution is 6.10. The van der Waals surface area contributed by atoms with Gasteiger partial charge in [-0.15, -0.1) is 0 Å². The van der Waals surface area contributed by atoms with Gasteiger partial charge in [0.2, 0.25) is 0 Å². The predicted molar refractivity (Wildman–Crippen MR) is 343 cm³/mol. The van der Waals surface area contributed by atoms with Crippen LogP contribution in [-0.2, 0) is 18.3 Å². The number of benzene rings is 12. The maximum atomic E-state index is 2.48. The van der Waals surface area contributed by atoms with Gasteiger partial charge in [-0.2, -0.15) is 0 Å². The summed E-state index contributed by atoms with van der Waals surface area (Å²) >= 11 is 0. The number of hydrogen-bond donors (Lipinski definition) is 0. The van der Waals surface area contributed by atoms with E-state index in [4.69, 9.17) is 0 Å². The van der Waals surface area contributed by atoms with E-state index in [0.717, 1.165) is 59.4 Å². The average molecular weight is 1040 g/mol. The second kappa shape index (κ2) is 21.1. The Labute approximate surface area is 476 Å². The van der Waals surface area contributed by atoms with E-state index in [9.17, 15) is 0 Å². The van der Waals surface area contributed by atoms with Gasteiger partial charge in [-0.1, -0.05) is 245 Å². The van der Waals surface area contributed by atoms with Crippen molar-refractivity contribution in [3.63, 3.8) is 0 Å². The molecule has 0 N–H and O–H groups in total. The summed E-state index contributed by atoms with van der Waals surface area (Å²) in [6, 6.07) is 108. The van der Waals surface area contributed by atoms with E-state index < -0.39 is 5.41 Å². The third kappa shape index (κ3) is 8.76. The molecule has 0 atom stereocenters. The molecular weight excluding hydrogens is 977 g/mol. The number of fused-ring (bicyclic) bond motifs is 6. The largest absolute Gasteiger partial charge is 0.310 e. The molecule has 0 fully saturated rings. The standard InChI is InChI=1S/C79H62N2/c1-3-19-55-31-48-77-72(51-55)73-52-56(20-4-2)32-49-78(73)81(77)67-44-39-61(40-45-67)59-35-33-58(34-36-59)60-37-42-66(43-38-60)80(76-50-41-63(57-21-9-5-10-22-57)53-71(76)62-23-11-6-12-24-62)68-46-47-70-69-29-17-18-30-74(69)79(75(70)54-68,64-25-13-7-14-26-64)65-27-15-8-16-28-65/h5-18,21-54H,3-4,19-20H2,1-2H3. The van der Waals surface area contributed by atoms with Crippen molar-refractivity contribution in [2.75, 3.05) is 4.90 Å². The molecule has 0 aliphatic heterocycles. The van der Waals surface area contributed by atoms with Crippen molar-refractivity contribution in [1.82, 2.24) is 4.57 Å². The Morgan fingerprint density at radius 1 is 0.321 bits per heavy atom. The average Bonchev–Trinajstić information content (AvgIpc) is 3.80. The van der Waals surface area contributed by atoms with E-state index in [1.165, 1.54) is 99.8 Å². The summed E-state index contributed by atoms with van der Waals surface area (Å²) in [5.74, 6) is 0. The third-order valence-electron chi connectivity index (χ3n) is 16.9. The first-order valence-corrected chi connectivity index (χ1v) is 28.8. The van der Waals surface area contributed by atoms with Crippen LogP contribution in [0.1, 0.15) is 60.1 Å². The number of nitrogens with zero attached hydrogens (tertiary/aromatic N) is 2. The van der Waals surface area contributed by atoms with Crippen molar-refractivity contribution < 1.29 is 0 Å². The number of aromatic nitrogens is 1. The van der Waals surface area contributed by atoms with Gasteiger partial charge >= 0.3 is 0 Å². The van der Waals surface area contributed by atoms with Gasteiger partial charge in [0.1, 0.15) is 0 Å². The van der Waals surface area contributed by atoms with Crippen molar-refractivity contribution in [3.8, 4) is 61.3 Å². The van der Waals surface area contributed by atoms with Gasteiger partial charge in [-0.25, -0.2) is 0 Å². The van der Waals surface area contributed by atoms with Gasteiger partial charge < -0.3 is 9.47 Å². The molecule has 2 nitrogen and oxygen atoms in total. The molecular formula is C79H62N2. The normalized spacial score (nSPS) is 12.4. The Balaban J connectivity index is 0.853. The molecule has 0 amide bonds. The lowest BCUT2D eigenvalue weighted by atomic mass is 9.67. The summed E-state index contributed by atoms with van der Waals surface area (Å²) in [7, 11) is 0. The fourth-order valence-electron chi connectivity index (χ4n) is 13.1. The maximum absolute atomic E-state index is 2.48. The van der Waals surface area contributed by atoms with Gasteiger partial charge in [0.15, 0.2) is 0 Å². The van der Waals surface area contributed by atoms with Gasteiger partial charge in [0, 0.05) is 33.4 Å². The molecule has 14 rings (SSSR count). The first-order valence-electron chi connectivity index (χ1n) is 28.8. The molecule has 0 bridgehead atoms. The van der Waals surface area contributed by atoms with Crippen molar-refractivity contribution in [1.29, 1.82) is 0 Å². The van der Waals surface area contributed by atoms with Gasteiger partial charge in [-0.3, -0.25) is 0 Å². The minimum absolute atomic E-state index is 0.545. The molecule has 0 saturated carbocycles. The van der Waals surface area contributed by atoms with E-state index in [-0.39, 0.29) is 0 Å². The number of hydrogen-bond acceptors (Lipinski definition) is 1. The first kappa shape index (κ1) is 49.5. The Morgan fingerprint density at radius 2 is 0.765 bits per heavy atom. The highest BCUT2D eigenvalue weighted by Gasteiger charge is 2.46. The zero-order valence-electron chi connectivity index (χ0n) is 45.9. The van der Waals surface area contributed by atoms with Crippen LogP contribution >= 0.6 is 0 Å². The molecule has 13 aromatic rings. The molecule has 1 aromatic heterocycles. The molecule has 388 valence electrons. The van der Waals surface area contributed by atoms with Crippen LogP contribution in [0.2, 0.25) is 0 Å². The highest BCUT2D eigenvalue weighted by atomic mass is 15.1. The van der Waals surface area contributed by atoms with E-state index in [1.54, 1.807) is 0 Å². The summed E-state index contributed by atoms with van der Waals surface area (Å²) in [4.78, 5) is 2.48. The fourth-order valence-corrected chi connectivity index (χ4v) is 13.1. The van der Waals surface area contributed by atoms with Crippen LogP contribution in [0.3, 0.4) is 0 Å². The van der Waals surface area contributed by atoms with Gasteiger partial charge in [-0.05, 0) is 169 Å². The van der Waals surface area contributed by atoms with Crippen molar-refractivity contribution in [2.24, 2.45) is 0 Å². The third-order valence-corrected chi connectivity index (χ3v) is 16.9. The zero-order chi connectivity index (χ0) is 54.3. The van der Waals surface area contributed by atoms with Crippen molar-refractivity contribution >= 4 is 38.9 Å². The molecule has 1 aliphatic carbocycles. The molecule has 1 heterocycles. The smallest absolute Gasteiger partial charge is 0.0714 e. The molecule has 12 aromatic carbocycles. The Hall–Kier alpha value is -9.76. The van der Waals surface area contributed by atoms with Crippen LogP contribution in [0, 0.1) is 0 Å². The number of aryl methyl sites for hydroxylation is 2. The van der Waals surface area contributed by atoms with E-state index in [0.29, 0.717) is 0 Å². The lowest BCUT2D eigenvalue weighted by Gasteiger charge is -2.35. The topological polar surface area (TPSA) is 8.17 Å². The van der Waals surface area contributed by atoms with Crippen LogP contribution in [0.25, 0.3) is 83.1 Å². The van der Waals surface area contributed by atoms with Crippen molar-refractivity contribution in [3.05, 3.63) is 325 Å². The summed E-state index contributed by atoms with van der Waals surface area (Å²) < 4.78 is 2.45. The van der Waals surface area contributed by atoms with Crippen molar-refractivity contribution in [2.45, 2.75) is 44.9 Å². The van der Waals surface area contributed by atoms with Crippen LogP contribution in [0.5, 0.6) is 0 Å². The Morgan fingerprint density at radius 3 is 1.32 bits per heavy atom. The molecule has 1 aliphatic rings. The minimum atomic E-state index is -0.545. The summed E-state index contributed by atoms with van der Waals surface area (Å²) in [6.45, 7) is 4.52. The lowest BCUT2D eigenvalue weighted by molar-refractivity contribution is 0.768. The van der Waals surface area contributed by atoms with Crippen LogP contribution in [0.15, 0.2) is 291 Å². The summed E-state index contributed by atoms with van der Waals surface area (Å²) in [6.07, 6.45) is 4.46. The van der Waals surface area contributed by atoms with Gasteiger partial charge in [0.05, 0.1) is 22.1 Å².